The zero-order valence-corrected chi connectivity index (χ0v) is 73.6. The van der Waals surface area contributed by atoms with Gasteiger partial charge >= 0.3 is 11.9 Å². The molecule has 18 atom stereocenters. The highest BCUT2D eigenvalue weighted by atomic mass is 16.4. The summed E-state index contributed by atoms with van der Waals surface area (Å²) in [4.78, 5) is 249. The van der Waals surface area contributed by atoms with Crippen LogP contribution in [-0.4, -0.2) is 254 Å². The summed E-state index contributed by atoms with van der Waals surface area (Å²) in [5.41, 5.74) is 29.4. The number of aromatic hydroxyl groups is 1. The Balaban J connectivity index is 1.98. The van der Waals surface area contributed by atoms with E-state index < -0.39 is 265 Å². The third-order valence-corrected chi connectivity index (χ3v) is 20.3. The van der Waals surface area contributed by atoms with Crippen molar-refractivity contribution in [3.63, 3.8) is 0 Å². The van der Waals surface area contributed by atoms with Crippen LogP contribution in [-0.2, 0) is 106 Å². The van der Waals surface area contributed by atoms with Gasteiger partial charge < -0.3 is 134 Å². The first kappa shape index (κ1) is 109. The summed E-state index contributed by atoms with van der Waals surface area (Å²) >= 11 is 0. The van der Waals surface area contributed by atoms with E-state index in [1.807, 2.05) is 0 Å². The van der Waals surface area contributed by atoms with Crippen LogP contribution in [0.4, 0.5) is 0 Å². The average Bonchev–Trinajstić information content (AvgIpc) is 0.838. The molecule has 708 valence electrons. The van der Waals surface area contributed by atoms with Crippen LogP contribution in [0.3, 0.4) is 0 Å². The smallest absolute Gasteiger partial charge is 0.326 e. The number of benzene rings is 3. The van der Waals surface area contributed by atoms with Crippen LogP contribution in [0.1, 0.15) is 163 Å². The normalized spacial score (nSPS) is 15.4. The van der Waals surface area contributed by atoms with Crippen molar-refractivity contribution in [3.8, 4) is 5.75 Å². The molecule has 3 aromatic rings. The first-order valence-electron chi connectivity index (χ1n) is 42.2. The monoisotopic (exact) mass is 1800 g/mol. The van der Waals surface area contributed by atoms with Gasteiger partial charge in [0.1, 0.15) is 90.3 Å². The van der Waals surface area contributed by atoms with Gasteiger partial charge in [-0.15, -0.1) is 0 Å². The van der Waals surface area contributed by atoms with Gasteiger partial charge in [-0.2, -0.15) is 0 Å². The van der Waals surface area contributed by atoms with Crippen LogP contribution in [0.25, 0.3) is 0 Å². The number of rotatable bonds is 58. The van der Waals surface area contributed by atoms with E-state index in [1.165, 1.54) is 52.0 Å². The number of carboxylic acids is 2. The van der Waals surface area contributed by atoms with Gasteiger partial charge in [-0.1, -0.05) is 121 Å². The third-order valence-electron chi connectivity index (χ3n) is 20.3. The molecule has 0 aliphatic heterocycles. The highest BCUT2D eigenvalue weighted by Crippen LogP contribution is 2.18. The number of nitrogens with one attached hydrogen (secondary N) is 16. The highest BCUT2D eigenvalue weighted by Gasteiger charge is 2.41. The molecule has 0 fully saturated rings. The summed E-state index contributed by atoms with van der Waals surface area (Å²) in [6.07, 6.45) is -7.64. The van der Waals surface area contributed by atoms with Crippen molar-refractivity contribution in [2.75, 3.05) is 13.1 Å². The Morgan fingerprint density at radius 1 is 0.383 bits per heavy atom. The topological polar surface area (TPSA) is 743 Å². The first-order valence-corrected chi connectivity index (χ1v) is 42.2. The van der Waals surface area contributed by atoms with Gasteiger partial charge in [0.15, 0.2) is 5.96 Å². The molecule has 0 aromatic heterocycles. The van der Waals surface area contributed by atoms with E-state index in [9.17, 15) is 112 Å². The van der Waals surface area contributed by atoms with Crippen LogP contribution in [0.15, 0.2) is 84.9 Å². The van der Waals surface area contributed by atoms with Crippen molar-refractivity contribution < 1.29 is 112 Å². The SMILES string of the molecule is CC[C@H](C)[C@H](NC(=O)[C@H](C)N)C(=O)N[C@@H](C)C(=O)N[C@@H](CCCCN)C(=O)N[C@@H](Cc1ccccc1)C(=O)N[C@@H](CCC(=O)O)C(=O)N[C@@H](CCCNC(=N)N)C(=O)N[C@@H](CC(C)C)C(=O)N[C@@H](CCC(N)=O)C(=O)N[C@H](C(=O)N[C@H](C(=O)N[C@H](C(=O)N[C@@H](CC(N)=O)C(=O)N[C@@H](Cc1ccc(O)cc1)C(=O)N[C@@H](Cc1ccccc1)C(=O)O)[C@@H](C)O)C(C)C)[C@@H](C)O. The molecule has 16 amide bonds. The summed E-state index contributed by atoms with van der Waals surface area (Å²) in [5, 5.41) is 96.8. The van der Waals surface area contributed by atoms with Gasteiger partial charge in [0.05, 0.1) is 24.7 Å². The molecule has 0 spiro atoms. The molecule has 3 rings (SSSR count). The number of phenolic OH excluding ortho intramolecular Hbond substituents is 1. The lowest BCUT2D eigenvalue weighted by Crippen LogP contribution is -2.64. The summed E-state index contributed by atoms with van der Waals surface area (Å²) in [6.45, 7) is 14.6. The minimum atomic E-state index is -2.03. The van der Waals surface area contributed by atoms with Crippen molar-refractivity contribution >= 4 is 112 Å². The second kappa shape index (κ2) is 55.5. The maximum absolute atomic E-state index is 14.8. The molecule has 0 radical (unpaired) electrons. The number of aliphatic hydroxyl groups is 2. The van der Waals surface area contributed by atoms with Crippen molar-refractivity contribution in [1.29, 1.82) is 5.41 Å². The molecule has 44 nitrogen and oxygen atoms in total. The molecule has 0 aliphatic rings. The fraction of sp³-hybridized carbons (Fsp3) is 0.560. The van der Waals surface area contributed by atoms with E-state index >= 15 is 0 Å². The molecule has 0 heterocycles. The van der Waals surface area contributed by atoms with Crippen molar-refractivity contribution in [2.45, 2.75) is 268 Å². The Morgan fingerprint density at radius 2 is 0.750 bits per heavy atom. The zero-order valence-electron chi connectivity index (χ0n) is 73.6. The van der Waals surface area contributed by atoms with E-state index in [0.29, 0.717) is 29.5 Å². The molecule has 0 saturated carbocycles. The van der Waals surface area contributed by atoms with Gasteiger partial charge in [-0.05, 0) is 132 Å². The predicted octanol–water partition coefficient (Wildman–Crippen LogP) is -5.43. The molecule has 3 aromatic carbocycles. The van der Waals surface area contributed by atoms with Crippen LogP contribution in [0, 0.1) is 23.2 Å². The van der Waals surface area contributed by atoms with E-state index in [4.69, 9.17) is 34.1 Å². The van der Waals surface area contributed by atoms with E-state index in [0.717, 1.165) is 13.8 Å². The number of nitrogens with two attached hydrogens (primary N) is 5. The fourth-order valence-corrected chi connectivity index (χ4v) is 12.9. The Labute approximate surface area is 741 Å². The molecular formula is C84H129N21O23. The maximum atomic E-state index is 14.8. The van der Waals surface area contributed by atoms with Gasteiger partial charge in [-0.3, -0.25) is 86.9 Å². The lowest BCUT2D eigenvalue weighted by atomic mass is 9.97. The van der Waals surface area contributed by atoms with Gasteiger partial charge in [0.2, 0.25) is 94.5 Å². The molecule has 0 saturated heterocycles. The van der Waals surface area contributed by atoms with Crippen molar-refractivity contribution in [2.24, 2.45) is 46.4 Å². The van der Waals surface area contributed by atoms with Crippen LogP contribution in [0.2, 0.25) is 0 Å². The fourth-order valence-electron chi connectivity index (χ4n) is 12.9. The number of primary amides is 2. The van der Waals surface area contributed by atoms with Crippen LogP contribution in [0.5, 0.6) is 5.75 Å². The standard InChI is InChI=1S/C84H129N21O23/c1-11-44(6)66(103-69(113)45(7)86)80(124)92-46(8)70(114)93-53(25-18-19-35-85)71(115)98-58(38-49-21-14-12-15-22-49)76(120)96-56(32-34-64(111)112)73(117)94-54(26-20-36-91-84(89)90)72(116)97-57(37-42(2)3)75(119)95-55(31-33-62(87)109)74(118)104-68(48(10)107)82(126)102-65(43(4)5)79(123)105-67(47(9)106)81(125)100-60(41-63(88)110)78(122)99-59(39-51-27-29-52(108)30-28-51)77(121)101-61(83(127)128)40-50-23-16-13-17-24-50/h12-17,21-24,27-30,42-48,53-61,65-68,106-108H,11,18-20,25-26,31-41,85-86H2,1-10H3,(H2,87,109)(H2,88,110)(H,92,124)(H,93,114)(H,94,117)(H,95,119)(H,96,120)(H,97,116)(H,98,115)(H,99,122)(H,100,125)(H,101,121)(H,102,126)(H,103,113)(H,104,118)(H,105,123)(H,111,112)(H,127,128)(H4,89,90,91)/t44-,45-,46-,47+,48+,53-,54-,55-,56-,57-,58-,59-,60-,61-,65-,66-,67-,68-/m0/s1. The second-order valence-electron chi connectivity index (χ2n) is 32.2. The van der Waals surface area contributed by atoms with Crippen molar-refractivity contribution in [3.05, 3.63) is 102 Å². The number of hydrogen-bond acceptors (Lipinski definition) is 24. The number of guanidine groups is 1. The molecular weight excluding hydrogens is 1670 g/mol. The molecule has 128 heavy (non-hydrogen) atoms. The largest absolute Gasteiger partial charge is 0.508 e. The van der Waals surface area contributed by atoms with E-state index in [2.05, 4.69) is 79.8 Å². The van der Waals surface area contributed by atoms with Crippen LogP contribution < -0.4 is 108 Å². The predicted molar refractivity (Wildman–Crippen MR) is 464 cm³/mol. The Morgan fingerprint density at radius 3 is 1.19 bits per heavy atom. The number of unbranched alkanes of at least 4 members (excludes halogenated alkanes) is 1. The molecule has 0 unspecified atom stereocenters. The summed E-state index contributed by atoms with van der Waals surface area (Å²) in [7, 11) is 0. The number of amides is 16. The lowest BCUT2D eigenvalue weighted by Gasteiger charge is -2.30. The highest BCUT2D eigenvalue weighted by molar-refractivity contribution is 6.01. The van der Waals surface area contributed by atoms with Gasteiger partial charge in [0.25, 0.3) is 0 Å². The number of phenols is 1. The number of carbonyl (C=O) groups excluding carboxylic acids is 16. The number of hydrogen-bond donors (Lipinski definition) is 26. The number of aliphatic hydroxyl groups excluding tert-OH is 2. The molecule has 0 bridgehead atoms. The maximum Gasteiger partial charge on any atom is 0.326 e. The van der Waals surface area contributed by atoms with Gasteiger partial charge in [0, 0.05) is 38.6 Å². The third kappa shape index (κ3) is 39.7. The minimum absolute atomic E-state index is 0.0472. The number of carbonyl (C=O) groups is 18. The molecule has 44 heteroatoms. The summed E-state index contributed by atoms with van der Waals surface area (Å²) in [5.74, 6) is -22.4. The summed E-state index contributed by atoms with van der Waals surface area (Å²) < 4.78 is 0. The zero-order chi connectivity index (χ0) is 96.4. The number of aliphatic carboxylic acids is 2. The number of carboxylic acid groups (broad SMARTS) is 2. The second-order valence-corrected chi connectivity index (χ2v) is 32.2. The minimum Gasteiger partial charge on any atom is -0.508 e. The van der Waals surface area contributed by atoms with E-state index in [-0.39, 0.29) is 70.2 Å². The Kier molecular flexibility index (Phi) is 47.3. The molecule has 0 aliphatic carbocycles. The van der Waals surface area contributed by atoms with Crippen molar-refractivity contribution in [1.82, 2.24) is 79.8 Å². The first-order chi connectivity index (χ1) is 60.2. The Hall–Kier alpha value is -13.0. The quantitative estimate of drug-likeness (QED) is 0.0142. The Bertz CT molecular complexity index is 4260. The summed E-state index contributed by atoms with van der Waals surface area (Å²) in [6, 6.07) is -2.52. The van der Waals surface area contributed by atoms with E-state index in [1.54, 1.807) is 88.4 Å². The average molecular weight is 1800 g/mol. The molecule has 31 N–H and O–H groups in total. The van der Waals surface area contributed by atoms with Gasteiger partial charge in [-0.25, -0.2) is 4.79 Å². The van der Waals surface area contributed by atoms with Crippen LogP contribution >= 0.6 is 0 Å². The lowest BCUT2D eigenvalue weighted by molar-refractivity contribution is -0.142.